The fourth-order valence-corrected chi connectivity index (χ4v) is 3.94. The SMILES string of the molecule is Cc1ccc(S(=O)(=O)Nc2ccc(OCc3ccc(F)cc3Cl)cc2)cc1C(=O)O. The third kappa shape index (κ3) is 5.08. The van der Waals surface area contributed by atoms with Crippen molar-refractivity contribution in [3.63, 3.8) is 0 Å². The second-order valence-electron chi connectivity index (χ2n) is 6.44. The number of aryl methyl sites for hydroxylation is 1. The number of rotatable bonds is 7. The van der Waals surface area contributed by atoms with Gasteiger partial charge in [-0.25, -0.2) is 17.6 Å². The second kappa shape index (κ2) is 8.73. The van der Waals surface area contributed by atoms with Gasteiger partial charge in [-0.05, 0) is 61.0 Å². The summed E-state index contributed by atoms with van der Waals surface area (Å²) in [5.74, 6) is -1.18. The van der Waals surface area contributed by atoms with E-state index >= 15 is 0 Å². The van der Waals surface area contributed by atoms with E-state index in [1.165, 1.54) is 42.5 Å². The zero-order chi connectivity index (χ0) is 21.9. The molecule has 0 saturated heterocycles. The molecule has 0 aliphatic rings. The standard InChI is InChI=1S/C21H17ClFNO5S/c1-13-2-9-18(11-19(13)21(25)26)30(27,28)24-16-5-7-17(8-6-16)29-12-14-3-4-15(23)10-20(14)22/h2-11,24H,12H2,1H3,(H,25,26). The van der Waals surface area contributed by atoms with Crippen LogP contribution in [-0.2, 0) is 16.6 Å². The predicted molar refractivity (Wildman–Crippen MR) is 111 cm³/mol. The number of halogens is 2. The Labute approximate surface area is 177 Å². The van der Waals surface area contributed by atoms with E-state index in [2.05, 4.69) is 4.72 Å². The number of sulfonamides is 1. The van der Waals surface area contributed by atoms with Crippen LogP contribution in [0.5, 0.6) is 5.75 Å². The van der Waals surface area contributed by atoms with Crippen LogP contribution in [-0.4, -0.2) is 19.5 Å². The first-order chi connectivity index (χ1) is 14.2. The molecule has 0 aliphatic heterocycles. The molecule has 3 rings (SSSR count). The minimum Gasteiger partial charge on any atom is -0.489 e. The number of ether oxygens (including phenoxy) is 1. The van der Waals surface area contributed by atoms with E-state index in [0.29, 0.717) is 16.9 Å². The Morgan fingerprint density at radius 3 is 2.43 bits per heavy atom. The van der Waals surface area contributed by atoms with Crippen LogP contribution in [0.4, 0.5) is 10.1 Å². The van der Waals surface area contributed by atoms with Gasteiger partial charge >= 0.3 is 5.97 Å². The van der Waals surface area contributed by atoms with E-state index < -0.39 is 21.8 Å². The van der Waals surface area contributed by atoms with Crippen LogP contribution >= 0.6 is 11.6 Å². The molecule has 3 aromatic carbocycles. The Morgan fingerprint density at radius 2 is 1.80 bits per heavy atom. The highest BCUT2D eigenvalue weighted by atomic mass is 35.5. The molecular weight excluding hydrogens is 433 g/mol. The molecule has 156 valence electrons. The van der Waals surface area contributed by atoms with Gasteiger partial charge in [0.25, 0.3) is 10.0 Å². The van der Waals surface area contributed by atoms with Gasteiger partial charge in [-0.1, -0.05) is 23.7 Å². The molecule has 0 amide bonds. The van der Waals surface area contributed by atoms with E-state index in [1.807, 2.05) is 0 Å². The number of aromatic carboxylic acids is 1. The minimum absolute atomic E-state index is 0.0823. The first-order valence-corrected chi connectivity index (χ1v) is 10.6. The topological polar surface area (TPSA) is 92.7 Å². The molecule has 0 saturated carbocycles. The molecule has 0 aliphatic carbocycles. The maximum absolute atomic E-state index is 13.1. The van der Waals surface area contributed by atoms with E-state index in [-0.39, 0.29) is 27.8 Å². The lowest BCUT2D eigenvalue weighted by Gasteiger charge is -2.11. The molecule has 6 nitrogen and oxygen atoms in total. The number of carboxylic acids is 1. The average Bonchev–Trinajstić information content (AvgIpc) is 2.68. The molecular formula is C21H17ClFNO5S. The molecule has 2 N–H and O–H groups in total. The predicted octanol–water partition coefficient (Wildman–Crippen LogP) is 4.87. The normalized spacial score (nSPS) is 11.2. The molecule has 0 heterocycles. The number of benzene rings is 3. The number of nitrogens with one attached hydrogen (secondary N) is 1. The van der Waals surface area contributed by atoms with Crippen molar-refractivity contribution in [2.24, 2.45) is 0 Å². The molecule has 0 fully saturated rings. The zero-order valence-electron chi connectivity index (χ0n) is 15.7. The van der Waals surface area contributed by atoms with Crippen LogP contribution in [0.1, 0.15) is 21.5 Å². The van der Waals surface area contributed by atoms with Gasteiger partial charge in [-0.3, -0.25) is 4.72 Å². The van der Waals surface area contributed by atoms with E-state index in [9.17, 15) is 22.7 Å². The molecule has 0 radical (unpaired) electrons. The summed E-state index contributed by atoms with van der Waals surface area (Å²) in [6.07, 6.45) is 0. The summed E-state index contributed by atoms with van der Waals surface area (Å²) in [5, 5.41) is 9.43. The highest BCUT2D eigenvalue weighted by molar-refractivity contribution is 7.92. The number of hydrogen-bond acceptors (Lipinski definition) is 4. The van der Waals surface area contributed by atoms with Crippen LogP contribution < -0.4 is 9.46 Å². The summed E-state index contributed by atoms with van der Waals surface area (Å²) in [6, 6.07) is 14.0. The largest absolute Gasteiger partial charge is 0.489 e. The fourth-order valence-electron chi connectivity index (χ4n) is 2.63. The van der Waals surface area contributed by atoms with Crippen molar-refractivity contribution >= 4 is 33.3 Å². The van der Waals surface area contributed by atoms with Gasteiger partial charge in [0.15, 0.2) is 0 Å². The quantitative estimate of drug-likeness (QED) is 0.537. The Morgan fingerprint density at radius 1 is 1.10 bits per heavy atom. The van der Waals surface area contributed by atoms with Gasteiger partial charge in [0.05, 0.1) is 15.5 Å². The van der Waals surface area contributed by atoms with Gasteiger partial charge in [0.2, 0.25) is 0 Å². The van der Waals surface area contributed by atoms with Crippen LogP contribution in [0.3, 0.4) is 0 Å². The first kappa shape index (κ1) is 21.6. The maximum Gasteiger partial charge on any atom is 0.335 e. The van der Waals surface area contributed by atoms with Crippen molar-refractivity contribution in [3.8, 4) is 5.75 Å². The van der Waals surface area contributed by atoms with Crippen molar-refractivity contribution in [3.05, 3.63) is 88.2 Å². The van der Waals surface area contributed by atoms with Crippen LogP contribution in [0.15, 0.2) is 65.6 Å². The highest BCUT2D eigenvalue weighted by Gasteiger charge is 2.18. The van der Waals surface area contributed by atoms with Crippen molar-refractivity contribution in [2.45, 2.75) is 18.4 Å². The highest BCUT2D eigenvalue weighted by Crippen LogP contribution is 2.23. The zero-order valence-corrected chi connectivity index (χ0v) is 17.3. The molecule has 0 bridgehead atoms. The monoisotopic (exact) mass is 449 g/mol. The van der Waals surface area contributed by atoms with Crippen molar-refractivity contribution < 1.29 is 27.4 Å². The second-order valence-corrected chi connectivity index (χ2v) is 8.53. The van der Waals surface area contributed by atoms with Gasteiger partial charge in [-0.15, -0.1) is 0 Å². The summed E-state index contributed by atoms with van der Waals surface area (Å²) >= 11 is 5.96. The lowest BCUT2D eigenvalue weighted by Crippen LogP contribution is -2.14. The van der Waals surface area contributed by atoms with Gasteiger partial charge < -0.3 is 9.84 Å². The van der Waals surface area contributed by atoms with Crippen LogP contribution in [0, 0.1) is 12.7 Å². The summed E-state index contributed by atoms with van der Waals surface area (Å²) in [5.41, 5.74) is 1.27. The Balaban J connectivity index is 1.70. The molecule has 0 aromatic heterocycles. The van der Waals surface area contributed by atoms with Crippen molar-refractivity contribution in [1.82, 2.24) is 0 Å². The lowest BCUT2D eigenvalue weighted by atomic mass is 10.1. The van der Waals surface area contributed by atoms with E-state index in [0.717, 1.165) is 6.07 Å². The fraction of sp³-hybridized carbons (Fsp3) is 0.0952. The smallest absolute Gasteiger partial charge is 0.335 e. The summed E-state index contributed by atoms with van der Waals surface area (Å²) in [6.45, 7) is 1.71. The van der Waals surface area contributed by atoms with Crippen molar-refractivity contribution in [2.75, 3.05) is 4.72 Å². The summed E-state index contributed by atoms with van der Waals surface area (Å²) in [7, 11) is -3.97. The number of carbonyl (C=O) groups is 1. The summed E-state index contributed by atoms with van der Waals surface area (Å²) < 4.78 is 46.2. The number of hydrogen-bond donors (Lipinski definition) is 2. The molecule has 0 atom stereocenters. The number of carboxylic acid groups (broad SMARTS) is 1. The first-order valence-electron chi connectivity index (χ1n) is 8.69. The lowest BCUT2D eigenvalue weighted by molar-refractivity contribution is 0.0696. The average molecular weight is 450 g/mol. The van der Waals surface area contributed by atoms with Crippen LogP contribution in [0.2, 0.25) is 5.02 Å². The molecule has 30 heavy (non-hydrogen) atoms. The minimum atomic E-state index is -3.97. The van der Waals surface area contributed by atoms with Gasteiger partial charge in [0, 0.05) is 11.3 Å². The molecule has 0 unspecified atom stereocenters. The molecule has 3 aromatic rings. The van der Waals surface area contributed by atoms with E-state index in [1.54, 1.807) is 19.1 Å². The Kier molecular flexibility index (Phi) is 6.28. The maximum atomic E-state index is 13.1. The van der Waals surface area contributed by atoms with Crippen molar-refractivity contribution in [1.29, 1.82) is 0 Å². The summed E-state index contributed by atoms with van der Waals surface area (Å²) in [4.78, 5) is 11.1. The Hall–Kier alpha value is -3.10. The third-order valence-corrected chi connectivity index (χ3v) is 6.00. The number of anilines is 1. The van der Waals surface area contributed by atoms with E-state index in [4.69, 9.17) is 16.3 Å². The van der Waals surface area contributed by atoms with Gasteiger partial charge in [0.1, 0.15) is 18.2 Å². The third-order valence-electron chi connectivity index (χ3n) is 4.27. The Bertz CT molecular complexity index is 1200. The molecule has 0 spiro atoms. The van der Waals surface area contributed by atoms with Gasteiger partial charge in [-0.2, -0.15) is 0 Å². The molecule has 9 heteroatoms. The van der Waals surface area contributed by atoms with Crippen LogP contribution in [0.25, 0.3) is 0 Å².